The molecule has 1 N–H and O–H groups in total. The molecule has 0 unspecified atom stereocenters. The number of imide groups is 2. The Hall–Kier alpha value is -3.41. The number of anilines is 1. The second-order valence-corrected chi connectivity index (χ2v) is 5.54. The molecular formula is C19H16N2O4. The molecule has 25 heavy (non-hydrogen) atoms. The third kappa shape index (κ3) is 3.14. The number of barbiturate groups is 1. The maximum atomic E-state index is 12.8. The highest BCUT2D eigenvalue weighted by Gasteiger charge is 2.36. The number of para-hydroxylation sites is 1. The van der Waals surface area contributed by atoms with Crippen LogP contribution in [0.3, 0.4) is 0 Å². The molecule has 0 aliphatic carbocycles. The Morgan fingerprint density at radius 2 is 1.80 bits per heavy atom. The monoisotopic (exact) mass is 336 g/mol. The Bertz CT molecular complexity index is 902. The highest BCUT2D eigenvalue weighted by atomic mass is 16.5. The van der Waals surface area contributed by atoms with E-state index in [2.05, 4.69) is 5.32 Å². The van der Waals surface area contributed by atoms with Crippen molar-refractivity contribution in [2.24, 2.45) is 0 Å². The van der Waals surface area contributed by atoms with Gasteiger partial charge in [0.1, 0.15) is 11.3 Å². The zero-order valence-corrected chi connectivity index (χ0v) is 13.8. The average molecular weight is 336 g/mol. The van der Waals surface area contributed by atoms with Crippen LogP contribution in [0.25, 0.3) is 6.08 Å². The highest BCUT2D eigenvalue weighted by Crippen LogP contribution is 2.25. The summed E-state index contributed by atoms with van der Waals surface area (Å²) in [7, 11) is 1.50. The van der Waals surface area contributed by atoms with Gasteiger partial charge in [0.2, 0.25) is 0 Å². The van der Waals surface area contributed by atoms with Crippen molar-refractivity contribution in [2.75, 3.05) is 12.0 Å². The Balaban J connectivity index is 2.05. The first-order valence-corrected chi connectivity index (χ1v) is 7.62. The minimum Gasteiger partial charge on any atom is -0.496 e. The van der Waals surface area contributed by atoms with E-state index >= 15 is 0 Å². The van der Waals surface area contributed by atoms with E-state index in [0.29, 0.717) is 17.0 Å². The van der Waals surface area contributed by atoms with Crippen LogP contribution < -0.4 is 15.0 Å². The summed E-state index contributed by atoms with van der Waals surface area (Å²) >= 11 is 0. The first-order valence-electron chi connectivity index (χ1n) is 7.62. The first kappa shape index (κ1) is 16.4. The summed E-state index contributed by atoms with van der Waals surface area (Å²) < 4.78 is 5.24. The van der Waals surface area contributed by atoms with Crippen LogP contribution in [0.1, 0.15) is 11.1 Å². The van der Waals surface area contributed by atoms with Crippen LogP contribution in [0.4, 0.5) is 10.5 Å². The SMILES string of the molecule is COc1ccccc1/C=C1/C(=O)NC(=O)N(c2cccc(C)c2)C1=O. The molecule has 3 rings (SSSR count). The van der Waals surface area contributed by atoms with E-state index in [4.69, 9.17) is 4.74 Å². The van der Waals surface area contributed by atoms with Crippen LogP contribution >= 0.6 is 0 Å². The molecule has 126 valence electrons. The summed E-state index contributed by atoms with van der Waals surface area (Å²) in [6, 6.07) is 13.2. The lowest BCUT2D eigenvalue weighted by atomic mass is 10.1. The summed E-state index contributed by atoms with van der Waals surface area (Å²) in [5, 5.41) is 2.20. The topological polar surface area (TPSA) is 75.7 Å². The fourth-order valence-corrected chi connectivity index (χ4v) is 2.60. The summed E-state index contributed by atoms with van der Waals surface area (Å²) in [5.74, 6) is -0.885. The van der Waals surface area contributed by atoms with Gasteiger partial charge in [0.15, 0.2) is 0 Å². The maximum absolute atomic E-state index is 12.8. The zero-order chi connectivity index (χ0) is 18.0. The van der Waals surface area contributed by atoms with Crippen LogP contribution in [0.15, 0.2) is 54.1 Å². The van der Waals surface area contributed by atoms with E-state index in [1.165, 1.54) is 13.2 Å². The molecule has 0 atom stereocenters. The van der Waals surface area contributed by atoms with Gasteiger partial charge < -0.3 is 4.74 Å². The Labute approximate surface area is 144 Å². The van der Waals surface area contributed by atoms with Crippen molar-refractivity contribution >= 4 is 29.6 Å². The van der Waals surface area contributed by atoms with E-state index < -0.39 is 17.8 Å². The van der Waals surface area contributed by atoms with E-state index in [9.17, 15) is 14.4 Å². The summed E-state index contributed by atoms with van der Waals surface area (Å²) in [6.07, 6.45) is 1.42. The molecule has 0 aromatic heterocycles. The van der Waals surface area contributed by atoms with Crippen LogP contribution in [0, 0.1) is 6.92 Å². The average Bonchev–Trinajstić information content (AvgIpc) is 2.59. The zero-order valence-electron chi connectivity index (χ0n) is 13.8. The summed E-state index contributed by atoms with van der Waals surface area (Å²) in [4.78, 5) is 38.1. The molecule has 4 amide bonds. The smallest absolute Gasteiger partial charge is 0.335 e. The minimum atomic E-state index is -0.766. The van der Waals surface area contributed by atoms with Gasteiger partial charge in [-0.1, -0.05) is 30.3 Å². The van der Waals surface area contributed by atoms with Crippen LogP contribution in [-0.4, -0.2) is 25.0 Å². The van der Waals surface area contributed by atoms with Crippen molar-refractivity contribution < 1.29 is 19.1 Å². The number of hydrogen-bond acceptors (Lipinski definition) is 4. The van der Waals surface area contributed by atoms with Gasteiger partial charge in [0, 0.05) is 5.56 Å². The normalized spacial score (nSPS) is 16.2. The number of carbonyl (C=O) groups is 3. The van der Waals surface area contributed by atoms with Crippen LogP contribution in [0.2, 0.25) is 0 Å². The van der Waals surface area contributed by atoms with Crippen LogP contribution in [0.5, 0.6) is 5.75 Å². The van der Waals surface area contributed by atoms with Crippen LogP contribution in [-0.2, 0) is 9.59 Å². The third-order valence-corrected chi connectivity index (χ3v) is 3.80. The lowest BCUT2D eigenvalue weighted by Crippen LogP contribution is -2.54. The Kier molecular flexibility index (Phi) is 4.35. The van der Waals surface area contributed by atoms with E-state index in [-0.39, 0.29) is 5.57 Å². The molecule has 6 heteroatoms. The molecule has 2 aromatic carbocycles. The number of ether oxygens (including phenoxy) is 1. The van der Waals surface area contributed by atoms with E-state index in [1.54, 1.807) is 42.5 Å². The minimum absolute atomic E-state index is 0.134. The summed E-state index contributed by atoms with van der Waals surface area (Å²) in [5.41, 5.74) is 1.74. The molecule has 1 saturated heterocycles. The fraction of sp³-hybridized carbons (Fsp3) is 0.105. The molecule has 1 aliphatic rings. The second-order valence-electron chi connectivity index (χ2n) is 5.54. The van der Waals surface area contributed by atoms with Crippen molar-refractivity contribution in [1.82, 2.24) is 5.32 Å². The van der Waals surface area contributed by atoms with Gasteiger partial charge in [-0.15, -0.1) is 0 Å². The molecule has 1 heterocycles. The molecule has 0 radical (unpaired) electrons. The number of urea groups is 1. The molecule has 1 fully saturated rings. The number of nitrogens with zero attached hydrogens (tertiary/aromatic N) is 1. The van der Waals surface area contributed by atoms with E-state index in [1.807, 2.05) is 13.0 Å². The molecular weight excluding hydrogens is 320 g/mol. The number of nitrogens with one attached hydrogen (secondary N) is 1. The standard InChI is InChI=1S/C19H16N2O4/c1-12-6-5-8-14(10-12)21-18(23)15(17(22)20-19(21)24)11-13-7-3-4-9-16(13)25-2/h3-11H,1-2H3,(H,20,22,24)/b15-11-. The maximum Gasteiger partial charge on any atom is 0.335 e. The number of methoxy groups -OCH3 is 1. The molecule has 0 spiro atoms. The van der Waals surface area contributed by atoms with Crippen molar-refractivity contribution in [3.8, 4) is 5.75 Å². The molecule has 2 aromatic rings. The predicted octanol–water partition coefficient (Wildman–Crippen LogP) is 2.67. The van der Waals surface area contributed by atoms with Crippen molar-refractivity contribution in [2.45, 2.75) is 6.92 Å². The number of aryl methyl sites for hydroxylation is 1. The first-order chi connectivity index (χ1) is 12.0. The molecule has 1 aliphatic heterocycles. The predicted molar refractivity (Wildman–Crippen MR) is 93.2 cm³/mol. The van der Waals surface area contributed by atoms with Gasteiger partial charge in [0.05, 0.1) is 12.8 Å². The van der Waals surface area contributed by atoms with Gasteiger partial charge >= 0.3 is 6.03 Å². The third-order valence-electron chi connectivity index (χ3n) is 3.80. The lowest BCUT2D eigenvalue weighted by Gasteiger charge is -2.26. The quantitative estimate of drug-likeness (QED) is 0.691. The van der Waals surface area contributed by atoms with Crippen molar-refractivity contribution in [3.63, 3.8) is 0 Å². The number of carbonyl (C=O) groups excluding carboxylic acids is 3. The molecule has 6 nitrogen and oxygen atoms in total. The number of rotatable bonds is 3. The van der Waals surface area contributed by atoms with Gasteiger partial charge in [-0.05, 0) is 36.8 Å². The van der Waals surface area contributed by atoms with Gasteiger partial charge in [-0.25, -0.2) is 9.69 Å². The second kappa shape index (κ2) is 6.60. The number of hydrogen-bond donors (Lipinski definition) is 1. The van der Waals surface area contributed by atoms with Crippen molar-refractivity contribution in [1.29, 1.82) is 0 Å². The largest absolute Gasteiger partial charge is 0.496 e. The Morgan fingerprint density at radius 3 is 2.52 bits per heavy atom. The fourth-order valence-electron chi connectivity index (χ4n) is 2.60. The van der Waals surface area contributed by atoms with E-state index in [0.717, 1.165) is 10.5 Å². The lowest BCUT2D eigenvalue weighted by molar-refractivity contribution is -0.122. The number of amides is 4. The van der Waals surface area contributed by atoms with Gasteiger partial charge in [-0.2, -0.15) is 0 Å². The number of benzene rings is 2. The Morgan fingerprint density at radius 1 is 1.04 bits per heavy atom. The molecule has 0 saturated carbocycles. The van der Waals surface area contributed by atoms with Gasteiger partial charge in [-0.3, -0.25) is 14.9 Å². The van der Waals surface area contributed by atoms with Crippen molar-refractivity contribution in [3.05, 3.63) is 65.2 Å². The summed E-state index contributed by atoms with van der Waals surface area (Å²) in [6.45, 7) is 1.85. The highest BCUT2D eigenvalue weighted by molar-refractivity contribution is 6.39. The molecule has 0 bridgehead atoms. The van der Waals surface area contributed by atoms with Gasteiger partial charge in [0.25, 0.3) is 11.8 Å².